The number of phenols is 2. The third-order valence-corrected chi connectivity index (χ3v) is 4.71. The number of carboxylic acids is 2. The number of allylic oxidation sites excluding steroid dienone is 4. The van der Waals surface area contributed by atoms with Gasteiger partial charge in [-0.15, -0.1) is 0 Å². The van der Waals surface area contributed by atoms with Gasteiger partial charge >= 0.3 is 11.9 Å². The average Bonchev–Trinajstić information content (AvgIpc) is 2.66. The molecule has 0 unspecified atom stereocenters. The topological polar surface area (TPSA) is 115 Å². The Morgan fingerprint density at radius 1 is 0.800 bits per heavy atom. The highest BCUT2D eigenvalue weighted by molar-refractivity contribution is 5.96. The van der Waals surface area contributed by atoms with Crippen LogP contribution < -0.4 is 0 Å². The molecule has 0 radical (unpaired) electrons. The zero-order valence-electron chi connectivity index (χ0n) is 17.3. The number of aromatic carboxylic acids is 2. The molecule has 2 rings (SSSR count). The van der Waals surface area contributed by atoms with E-state index in [0.717, 1.165) is 24.5 Å². The number of hydrogen-bond acceptors (Lipinski definition) is 4. The predicted octanol–water partition coefficient (Wildman–Crippen LogP) is 5.40. The lowest BCUT2D eigenvalue weighted by molar-refractivity contribution is 0.0696. The fraction of sp³-hybridized carbons (Fsp3) is 0.250. The number of benzene rings is 2. The Hall–Kier alpha value is -3.54. The summed E-state index contributed by atoms with van der Waals surface area (Å²) in [4.78, 5) is 22.6. The fourth-order valence-electron chi connectivity index (χ4n) is 3.03. The zero-order chi connectivity index (χ0) is 22.4. The van der Waals surface area contributed by atoms with Crippen LogP contribution in [0.25, 0.3) is 11.1 Å². The first kappa shape index (κ1) is 22.7. The fourth-order valence-corrected chi connectivity index (χ4v) is 3.03. The SMILES string of the molecule is CC(C)=CCCC(C)=CCc1c(O)cc(-c2cc(C(=O)O)cc(C(=O)O)c2)cc1O. The number of aromatic hydroxyl groups is 2. The molecular formula is C24H26O6. The van der Waals surface area contributed by atoms with Crippen molar-refractivity contribution in [3.8, 4) is 22.6 Å². The smallest absolute Gasteiger partial charge is 0.335 e. The van der Waals surface area contributed by atoms with Crippen molar-refractivity contribution in [3.63, 3.8) is 0 Å². The maximum absolute atomic E-state index is 11.3. The second kappa shape index (κ2) is 9.78. The number of hydrogen-bond donors (Lipinski definition) is 4. The molecule has 0 aliphatic heterocycles. The summed E-state index contributed by atoms with van der Waals surface area (Å²) in [6.07, 6.45) is 6.24. The molecule has 0 atom stereocenters. The predicted molar refractivity (Wildman–Crippen MR) is 115 cm³/mol. The van der Waals surface area contributed by atoms with E-state index in [1.807, 2.05) is 26.8 Å². The third kappa shape index (κ3) is 5.98. The number of carbonyl (C=O) groups is 2. The Morgan fingerprint density at radius 3 is 1.77 bits per heavy atom. The molecule has 2 aromatic carbocycles. The van der Waals surface area contributed by atoms with Crippen LogP contribution in [0.3, 0.4) is 0 Å². The first-order chi connectivity index (χ1) is 14.1. The van der Waals surface area contributed by atoms with Crippen molar-refractivity contribution >= 4 is 11.9 Å². The lowest BCUT2D eigenvalue weighted by Gasteiger charge is -2.11. The minimum atomic E-state index is -1.27. The summed E-state index contributed by atoms with van der Waals surface area (Å²) in [5, 5.41) is 39.3. The van der Waals surface area contributed by atoms with Gasteiger partial charge in [0.1, 0.15) is 11.5 Å². The van der Waals surface area contributed by atoms with E-state index >= 15 is 0 Å². The van der Waals surface area contributed by atoms with Crippen LogP contribution in [0, 0.1) is 0 Å². The number of carboxylic acid groups (broad SMARTS) is 2. The molecule has 0 saturated heterocycles. The molecule has 0 bridgehead atoms. The second-order valence-corrected chi connectivity index (χ2v) is 7.48. The van der Waals surface area contributed by atoms with Crippen molar-refractivity contribution in [1.82, 2.24) is 0 Å². The van der Waals surface area contributed by atoms with Crippen molar-refractivity contribution in [3.05, 3.63) is 70.3 Å². The van der Waals surface area contributed by atoms with Gasteiger partial charge in [-0.25, -0.2) is 9.59 Å². The first-order valence-corrected chi connectivity index (χ1v) is 9.54. The van der Waals surface area contributed by atoms with Crippen LogP contribution in [0.2, 0.25) is 0 Å². The summed E-state index contributed by atoms with van der Waals surface area (Å²) in [6.45, 7) is 6.08. The van der Waals surface area contributed by atoms with E-state index in [1.165, 1.54) is 29.8 Å². The highest BCUT2D eigenvalue weighted by Gasteiger charge is 2.15. The average molecular weight is 410 g/mol. The summed E-state index contributed by atoms with van der Waals surface area (Å²) in [5.74, 6) is -2.82. The van der Waals surface area contributed by atoms with E-state index in [1.54, 1.807) is 0 Å². The van der Waals surface area contributed by atoms with Gasteiger partial charge in [-0.2, -0.15) is 0 Å². The largest absolute Gasteiger partial charge is 0.507 e. The van der Waals surface area contributed by atoms with E-state index in [2.05, 4.69) is 6.08 Å². The Kier molecular flexibility index (Phi) is 7.42. The lowest BCUT2D eigenvalue weighted by atomic mass is 9.96. The highest BCUT2D eigenvalue weighted by Crippen LogP contribution is 2.35. The molecule has 6 heteroatoms. The van der Waals surface area contributed by atoms with Gasteiger partial charge in [-0.3, -0.25) is 0 Å². The summed E-state index contributed by atoms with van der Waals surface area (Å²) < 4.78 is 0. The minimum Gasteiger partial charge on any atom is -0.507 e. The summed E-state index contributed by atoms with van der Waals surface area (Å²) in [7, 11) is 0. The number of phenolic OH excluding ortho intramolecular Hbond substituents is 2. The molecule has 0 amide bonds. The summed E-state index contributed by atoms with van der Waals surface area (Å²) in [5.41, 5.74) is 2.96. The van der Waals surface area contributed by atoms with Gasteiger partial charge in [-0.05, 0) is 81.5 Å². The van der Waals surface area contributed by atoms with Crippen molar-refractivity contribution in [1.29, 1.82) is 0 Å². The van der Waals surface area contributed by atoms with Crippen LogP contribution in [-0.2, 0) is 6.42 Å². The van der Waals surface area contributed by atoms with Gasteiger partial charge in [-0.1, -0.05) is 23.3 Å². The molecule has 4 N–H and O–H groups in total. The van der Waals surface area contributed by atoms with Crippen LogP contribution in [0.15, 0.2) is 53.6 Å². The van der Waals surface area contributed by atoms with Gasteiger partial charge in [0.2, 0.25) is 0 Å². The molecule has 30 heavy (non-hydrogen) atoms. The number of rotatable bonds is 8. The zero-order valence-corrected chi connectivity index (χ0v) is 17.3. The van der Waals surface area contributed by atoms with E-state index in [0.29, 0.717) is 17.5 Å². The molecule has 0 heterocycles. The van der Waals surface area contributed by atoms with Crippen molar-refractivity contribution in [2.24, 2.45) is 0 Å². The van der Waals surface area contributed by atoms with Gasteiger partial charge < -0.3 is 20.4 Å². The quantitative estimate of drug-likeness (QED) is 0.433. The molecule has 0 aromatic heterocycles. The third-order valence-electron chi connectivity index (χ3n) is 4.71. The molecule has 0 fully saturated rings. The minimum absolute atomic E-state index is 0.143. The van der Waals surface area contributed by atoms with Crippen molar-refractivity contribution in [2.75, 3.05) is 0 Å². The lowest BCUT2D eigenvalue weighted by Crippen LogP contribution is -2.03. The van der Waals surface area contributed by atoms with Crippen LogP contribution in [0.1, 0.15) is 59.9 Å². The van der Waals surface area contributed by atoms with Gasteiger partial charge in [0.05, 0.1) is 11.1 Å². The first-order valence-electron chi connectivity index (χ1n) is 9.54. The second-order valence-electron chi connectivity index (χ2n) is 7.48. The summed E-state index contributed by atoms with van der Waals surface area (Å²) in [6, 6.07) is 6.46. The van der Waals surface area contributed by atoms with E-state index in [-0.39, 0.29) is 28.2 Å². The summed E-state index contributed by atoms with van der Waals surface area (Å²) >= 11 is 0. The Labute approximate surface area is 175 Å². The Bertz CT molecular complexity index is 971. The van der Waals surface area contributed by atoms with Gasteiger partial charge in [0.15, 0.2) is 0 Å². The van der Waals surface area contributed by atoms with E-state index in [4.69, 9.17) is 0 Å². The highest BCUT2D eigenvalue weighted by atomic mass is 16.4. The molecule has 6 nitrogen and oxygen atoms in total. The molecular weight excluding hydrogens is 384 g/mol. The standard InChI is InChI=1S/C24H26O6/c1-14(2)5-4-6-15(3)7-8-20-21(25)12-17(13-22(20)26)16-9-18(23(27)28)11-19(10-16)24(29)30/h5,7,9-13,25-26H,4,6,8H2,1-3H3,(H,27,28)(H,29,30). The van der Waals surface area contributed by atoms with Crippen LogP contribution >= 0.6 is 0 Å². The Morgan fingerprint density at radius 2 is 1.30 bits per heavy atom. The van der Waals surface area contributed by atoms with Gasteiger partial charge in [0, 0.05) is 5.56 Å². The Balaban J connectivity index is 2.34. The van der Waals surface area contributed by atoms with Crippen molar-refractivity contribution in [2.45, 2.75) is 40.0 Å². The molecule has 0 saturated carbocycles. The van der Waals surface area contributed by atoms with Crippen LogP contribution in [-0.4, -0.2) is 32.4 Å². The van der Waals surface area contributed by atoms with Crippen molar-refractivity contribution < 1.29 is 30.0 Å². The maximum atomic E-state index is 11.3. The van der Waals surface area contributed by atoms with E-state index < -0.39 is 11.9 Å². The maximum Gasteiger partial charge on any atom is 0.335 e. The molecule has 2 aromatic rings. The monoisotopic (exact) mass is 410 g/mol. The van der Waals surface area contributed by atoms with Crippen LogP contribution in [0.4, 0.5) is 0 Å². The molecule has 158 valence electrons. The van der Waals surface area contributed by atoms with E-state index in [9.17, 15) is 30.0 Å². The van der Waals surface area contributed by atoms with Crippen LogP contribution in [0.5, 0.6) is 11.5 Å². The normalized spacial score (nSPS) is 11.2. The van der Waals surface area contributed by atoms with Gasteiger partial charge in [0.25, 0.3) is 0 Å². The molecule has 0 aliphatic rings. The molecule has 0 spiro atoms. The molecule has 0 aliphatic carbocycles.